The number of rotatable bonds is 5. The fourth-order valence-electron chi connectivity index (χ4n) is 3.45. The number of amides is 2. The van der Waals surface area contributed by atoms with Crippen molar-refractivity contribution >= 4 is 23.2 Å². The maximum atomic E-state index is 12.8. The lowest BCUT2D eigenvalue weighted by Gasteiger charge is -2.34. The number of carbonyl (C=O) groups excluding carboxylic acids is 2. The van der Waals surface area contributed by atoms with Crippen molar-refractivity contribution in [2.24, 2.45) is 0 Å². The predicted octanol–water partition coefficient (Wildman–Crippen LogP) is 3.25. The summed E-state index contributed by atoms with van der Waals surface area (Å²) in [6.45, 7) is 3.84. The molecular weight excluding hydrogens is 402 g/mol. The molecule has 0 spiro atoms. The number of carbonyl (C=O) groups is 2. The normalized spacial score (nSPS) is 14.1. The Morgan fingerprint density at radius 2 is 1.90 bits per heavy atom. The molecule has 1 aliphatic heterocycles. The zero-order valence-corrected chi connectivity index (χ0v) is 17.8. The van der Waals surface area contributed by atoms with E-state index < -0.39 is 0 Å². The van der Waals surface area contributed by atoms with Gasteiger partial charge in [0, 0.05) is 31.7 Å². The van der Waals surface area contributed by atoms with Gasteiger partial charge in [-0.25, -0.2) is 4.98 Å². The molecule has 0 atom stereocenters. The Kier molecular flexibility index (Phi) is 5.85. The second-order valence-corrected chi connectivity index (χ2v) is 8.03. The highest BCUT2D eigenvalue weighted by Crippen LogP contribution is 2.26. The van der Waals surface area contributed by atoms with Crippen molar-refractivity contribution in [3.63, 3.8) is 0 Å². The summed E-state index contributed by atoms with van der Waals surface area (Å²) in [7, 11) is 1.58. The summed E-state index contributed by atoms with van der Waals surface area (Å²) in [6.07, 6.45) is 0.199. The Morgan fingerprint density at radius 3 is 2.60 bits per heavy atom. The first-order chi connectivity index (χ1) is 14.5. The third-order valence-electron chi connectivity index (χ3n) is 5.18. The molecule has 8 heteroatoms. The highest BCUT2D eigenvalue weighted by molar-refractivity contribution is 7.13. The van der Waals surface area contributed by atoms with Crippen molar-refractivity contribution < 1.29 is 18.7 Å². The number of aryl methyl sites for hydroxylation is 1. The summed E-state index contributed by atoms with van der Waals surface area (Å²) in [5.41, 5.74) is 1.26. The lowest BCUT2D eigenvalue weighted by molar-refractivity contribution is -0.132. The minimum absolute atomic E-state index is 0.00221. The lowest BCUT2D eigenvalue weighted by Crippen LogP contribution is -2.51. The molecule has 2 aromatic heterocycles. The number of hydrogen-bond acceptors (Lipinski definition) is 6. The molecule has 1 aliphatic rings. The molecule has 0 aliphatic carbocycles. The second-order valence-electron chi connectivity index (χ2n) is 7.08. The molecule has 7 nitrogen and oxygen atoms in total. The topological polar surface area (TPSA) is 75.9 Å². The number of thiophene rings is 1. The number of piperazine rings is 1. The summed E-state index contributed by atoms with van der Waals surface area (Å²) in [6, 6.07) is 11.0. The highest BCUT2D eigenvalue weighted by atomic mass is 32.1. The van der Waals surface area contributed by atoms with E-state index in [1.54, 1.807) is 46.4 Å². The van der Waals surface area contributed by atoms with Crippen LogP contribution in [0.25, 0.3) is 10.8 Å². The third kappa shape index (κ3) is 4.23. The molecule has 0 bridgehead atoms. The van der Waals surface area contributed by atoms with Gasteiger partial charge in [-0.1, -0.05) is 12.1 Å². The van der Waals surface area contributed by atoms with E-state index in [4.69, 9.17) is 9.15 Å². The average molecular weight is 426 g/mol. The van der Waals surface area contributed by atoms with E-state index in [2.05, 4.69) is 4.98 Å². The van der Waals surface area contributed by atoms with Crippen molar-refractivity contribution in [1.29, 1.82) is 0 Å². The number of oxazole rings is 1. The summed E-state index contributed by atoms with van der Waals surface area (Å²) in [4.78, 5) is 34.5. The Labute approximate surface area is 178 Å². The molecule has 2 amide bonds. The van der Waals surface area contributed by atoms with Gasteiger partial charge in [0.1, 0.15) is 11.5 Å². The van der Waals surface area contributed by atoms with Crippen LogP contribution >= 0.6 is 11.3 Å². The first kappa shape index (κ1) is 20.2. The molecule has 1 saturated heterocycles. The maximum Gasteiger partial charge on any atom is 0.254 e. The monoisotopic (exact) mass is 425 g/mol. The molecule has 156 valence electrons. The Bertz CT molecular complexity index is 1040. The molecule has 3 aromatic rings. The summed E-state index contributed by atoms with van der Waals surface area (Å²) in [5, 5.41) is 1.96. The Morgan fingerprint density at radius 1 is 1.13 bits per heavy atom. The SMILES string of the molecule is COc1cccc(C(=O)N2CCN(C(=O)Cc3nc(-c4cccs4)oc3C)CC2)c1. The van der Waals surface area contributed by atoms with Gasteiger partial charge < -0.3 is 19.0 Å². The van der Waals surface area contributed by atoms with E-state index in [9.17, 15) is 9.59 Å². The van der Waals surface area contributed by atoms with Crippen LogP contribution in [0.4, 0.5) is 0 Å². The number of ether oxygens (including phenoxy) is 1. The number of hydrogen-bond donors (Lipinski definition) is 0. The van der Waals surface area contributed by atoms with Crippen LogP contribution in [0.1, 0.15) is 21.8 Å². The van der Waals surface area contributed by atoms with Gasteiger partial charge in [-0.3, -0.25) is 9.59 Å². The fourth-order valence-corrected chi connectivity index (χ4v) is 4.10. The van der Waals surface area contributed by atoms with Crippen LogP contribution in [-0.4, -0.2) is 59.9 Å². The first-order valence-corrected chi connectivity index (χ1v) is 10.6. The lowest BCUT2D eigenvalue weighted by atomic mass is 10.1. The van der Waals surface area contributed by atoms with Gasteiger partial charge in [-0.05, 0) is 36.6 Å². The number of benzene rings is 1. The first-order valence-electron chi connectivity index (χ1n) is 9.76. The molecule has 1 aromatic carbocycles. The third-order valence-corrected chi connectivity index (χ3v) is 6.04. The van der Waals surface area contributed by atoms with Crippen molar-refractivity contribution in [2.45, 2.75) is 13.3 Å². The minimum Gasteiger partial charge on any atom is -0.497 e. The Balaban J connectivity index is 1.35. The van der Waals surface area contributed by atoms with E-state index >= 15 is 0 Å². The summed E-state index contributed by atoms with van der Waals surface area (Å²) >= 11 is 1.55. The van der Waals surface area contributed by atoms with Gasteiger partial charge in [0.05, 0.1) is 24.1 Å². The van der Waals surface area contributed by atoms with Gasteiger partial charge in [-0.2, -0.15) is 0 Å². The highest BCUT2D eigenvalue weighted by Gasteiger charge is 2.26. The van der Waals surface area contributed by atoms with Gasteiger partial charge >= 0.3 is 0 Å². The average Bonchev–Trinajstić information content (AvgIpc) is 3.43. The van der Waals surface area contributed by atoms with E-state index in [1.807, 2.05) is 30.5 Å². The molecule has 3 heterocycles. The van der Waals surface area contributed by atoms with Crippen LogP contribution in [0.2, 0.25) is 0 Å². The smallest absolute Gasteiger partial charge is 0.254 e. The second kappa shape index (κ2) is 8.71. The Hall–Kier alpha value is -3.13. The molecule has 0 N–H and O–H groups in total. The molecule has 0 unspecified atom stereocenters. The molecular formula is C22H23N3O4S. The van der Waals surface area contributed by atoms with E-state index in [1.165, 1.54) is 0 Å². The summed E-state index contributed by atoms with van der Waals surface area (Å²) in [5.74, 6) is 1.82. The summed E-state index contributed by atoms with van der Waals surface area (Å²) < 4.78 is 10.9. The number of aromatic nitrogens is 1. The number of methoxy groups -OCH3 is 1. The van der Waals surface area contributed by atoms with Crippen LogP contribution in [-0.2, 0) is 11.2 Å². The predicted molar refractivity (Wildman–Crippen MR) is 114 cm³/mol. The molecule has 0 saturated carbocycles. The van der Waals surface area contributed by atoms with Crippen LogP contribution < -0.4 is 4.74 Å². The van der Waals surface area contributed by atoms with Crippen molar-refractivity contribution in [3.05, 3.63) is 58.8 Å². The van der Waals surface area contributed by atoms with Crippen molar-refractivity contribution in [1.82, 2.24) is 14.8 Å². The standard InChI is InChI=1S/C22H23N3O4S/c1-15-18(23-21(29-15)19-7-4-12-30-19)14-20(26)24-8-10-25(11-9-24)22(27)16-5-3-6-17(13-16)28-2/h3-7,12-13H,8-11,14H2,1-2H3. The van der Waals surface area contributed by atoms with Crippen LogP contribution in [0, 0.1) is 6.92 Å². The largest absolute Gasteiger partial charge is 0.497 e. The quantitative estimate of drug-likeness (QED) is 0.627. The van der Waals surface area contributed by atoms with E-state index in [-0.39, 0.29) is 18.2 Å². The zero-order valence-electron chi connectivity index (χ0n) is 17.0. The number of nitrogens with zero attached hydrogens (tertiary/aromatic N) is 3. The maximum absolute atomic E-state index is 12.8. The van der Waals surface area contributed by atoms with Crippen LogP contribution in [0.5, 0.6) is 5.75 Å². The van der Waals surface area contributed by atoms with Crippen LogP contribution in [0.15, 0.2) is 46.2 Å². The van der Waals surface area contributed by atoms with Gasteiger partial charge in [0.15, 0.2) is 0 Å². The minimum atomic E-state index is -0.0473. The molecule has 0 radical (unpaired) electrons. The zero-order chi connectivity index (χ0) is 21.1. The molecule has 1 fully saturated rings. The van der Waals surface area contributed by atoms with Gasteiger partial charge in [0.25, 0.3) is 5.91 Å². The van der Waals surface area contributed by atoms with Gasteiger partial charge in [-0.15, -0.1) is 11.3 Å². The van der Waals surface area contributed by atoms with Crippen molar-refractivity contribution in [2.75, 3.05) is 33.3 Å². The molecule has 4 rings (SSSR count). The van der Waals surface area contributed by atoms with E-state index in [0.29, 0.717) is 54.8 Å². The van der Waals surface area contributed by atoms with Crippen molar-refractivity contribution in [3.8, 4) is 16.5 Å². The van der Waals surface area contributed by atoms with Gasteiger partial charge in [0.2, 0.25) is 11.8 Å². The molecule has 30 heavy (non-hydrogen) atoms. The van der Waals surface area contributed by atoms with E-state index in [0.717, 1.165) is 4.88 Å². The fraction of sp³-hybridized carbons (Fsp3) is 0.318. The van der Waals surface area contributed by atoms with Crippen LogP contribution in [0.3, 0.4) is 0 Å².